The molecule has 1 aromatic rings. The standard InChI is InChI=1S/C16H21N3O/c1-3-16(8-5-9-18-11-16)15(20)19-14-7-4-6-12(2)13(14)10-17/h4,6-7,18H,3,5,8-9,11H2,1-2H3,(H,19,20). The summed E-state index contributed by atoms with van der Waals surface area (Å²) >= 11 is 0. The van der Waals surface area contributed by atoms with Crippen LogP contribution < -0.4 is 10.6 Å². The fraction of sp³-hybridized carbons (Fsp3) is 0.500. The molecule has 0 radical (unpaired) electrons. The maximum absolute atomic E-state index is 12.6. The van der Waals surface area contributed by atoms with Crippen LogP contribution in [0, 0.1) is 23.7 Å². The van der Waals surface area contributed by atoms with E-state index in [1.807, 2.05) is 26.0 Å². The van der Waals surface area contributed by atoms with Crippen LogP contribution in [0.4, 0.5) is 5.69 Å². The van der Waals surface area contributed by atoms with Crippen molar-refractivity contribution < 1.29 is 4.79 Å². The minimum atomic E-state index is -0.352. The van der Waals surface area contributed by atoms with Crippen molar-refractivity contribution in [2.24, 2.45) is 5.41 Å². The predicted molar refractivity (Wildman–Crippen MR) is 79.4 cm³/mol. The Kier molecular flexibility index (Phi) is 4.41. The summed E-state index contributed by atoms with van der Waals surface area (Å²) < 4.78 is 0. The fourth-order valence-corrected chi connectivity index (χ4v) is 2.80. The third-order valence-corrected chi connectivity index (χ3v) is 4.26. The topological polar surface area (TPSA) is 64.9 Å². The summed E-state index contributed by atoms with van der Waals surface area (Å²) in [6.07, 6.45) is 2.72. The van der Waals surface area contributed by atoms with E-state index in [2.05, 4.69) is 16.7 Å². The van der Waals surface area contributed by atoms with Crippen LogP contribution in [-0.4, -0.2) is 19.0 Å². The molecule has 1 amide bonds. The summed E-state index contributed by atoms with van der Waals surface area (Å²) in [6, 6.07) is 7.71. The molecular weight excluding hydrogens is 250 g/mol. The van der Waals surface area contributed by atoms with Gasteiger partial charge in [0.25, 0.3) is 0 Å². The summed E-state index contributed by atoms with van der Waals surface area (Å²) in [5, 5.41) is 15.5. The van der Waals surface area contributed by atoms with E-state index in [1.165, 1.54) is 0 Å². The first-order chi connectivity index (χ1) is 9.63. The molecule has 0 aromatic heterocycles. The van der Waals surface area contributed by atoms with Crippen LogP contribution in [0.1, 0.15) is 37.3 Å². The monoisotopic (exact) mass is 271 g/mol. The lowest BCUT2D eigenvalue weighted by molar-refractivity contribution is -0.126. The Hall–Kier alpha value is -1.86. The SMILES string of the molecule is CCC1(C(=O)Nc2cccc(C)c2C#N)CCCNC1. The molecule has 1 aliphatic heterocycles. The number of amides is 1. The number of aryl methyl sites for hydroxylation is 1. The summed E-state index contributed by atoms with van der Waals surface area (Å²) in [7, 11) is 0. The lowest BCUT2D eigenvalue weighted by atomic mass is 9.77. The van der Waals surface area contributed by atoms with Crippen LogP contribution in [0.5, 0.6) is 0 Å². The van der Waals surface area contributed by atoms with Gasteiger partial charge in [0.15, 0.2) is 0 Å². The molecule has 4 nitrogen and oxygen atoms in total. The molecule has 106 valence electrons. The van der Waals surface area contributed by atoms with E-state index in [0.717, 1.165) is 31.4 Å². The van der Waals surface area contributed by atoms with Gasteiger partial charge in [-0.2, -0.15) is 5.26 Å². The number of hydrogen-bond acceptors (Lipinski definition) is 3. The maximum Gasteiger partial charge on any atom is 0.231 e. The first kappa shape index (κ1) is 14.5. The number of nitrogens with one attached hydrogen (secondary N) is 2. The van der Waals surface area contributed by atoms with Crippen LogP contribution in [-0.2, 0) is 4.79 Å². The van der Waals surface area contributed by atoms with Gasteiger partial charge in [0.05, 0.1) is 16.7 Å². The van der Waals surface area contributed by atoms with Crippen LogP contribution in [0.3, 0.4) is 0 Å². The predicted octanol–water partition coefficient (Wildman–Crippen LogP) is 2.58. The van der Waals surface area contributed by atoms with E-state index >= 15 is 0 Å². The molecule has 20 heavy (non-hydrogen) atoms. The van der Waals surface area contributed by atoms with E-state index in [-0.39, 0.29) is 11.3 Å². The van der Waals surface area contributed by atoms with Crippen molar-refractivity contribution in [1.82, 2.24) is 5.32 Å². The summed E-state index contributed by atoms with van der Waals surface area (Å²) in [5.41, 5.74) is 1.71. The molecule has 0 saturated carbocycles. The zero-order chi connectivity index (χ0) is 14.6. The molecule has 1 aromatic carbocycles. The highest BCUT2D eigenvalue weighted by atomic mass is 16.2. The Bertz CT molecular complexity index is 539. The lowest BCUT2D eigenvalue weighted by Gasteiger charge is -2.35. The molecule has 4 heteroatoms. The summed E-state index contributed by atoms with van der Waals surface area (Å²) in [4.78, 5) is 12.6. The fourth-order valence-electron chi connectivity index (χ4n) is 2.80. The van der Waals surface area contributed by atoms with Crippen molar-refractivity contribution in [3.8, 4) is 6.07 Å². The largest absolute Gasteiger partial charge is 0.324 e. The van der Waals surface area contributed by atoms with Crippen molar-refractivity contribution in [3.05, 3.63) is 29.3 Å². The van der Waals surface area contributed by atoms with Crippen molar-refractivity contribution in [2.45, 2.75) is 33.1 Å². The van der Waals surface area contributed by atoms with E-state index in [4.69, 9.17) is 0 Å². The molecule has 1 atom stereocenters. The van der Waals surface area contributed by atoms with Crippen molar-refractivity contribution in [3.63, 3.8) is 0 Å². The highest BCUT2D eigenvalue weighted by molar-refractivity contribution is 5.96. The van der Waals surface area contributed by atoms with Crippen molar-refractivity contribution >= 4 is 11.6 Å². The molecular formula is C16H21N3O. The van der Waals surface area contributed by atoms with Crippen LogP contribution in [0.15, 0.2) is 18.2 Å². The van der Waals surface area contributed by atoms with Gasteiger partial charge < -0.3 is 10.6 Å². The third-order valence-electron chi connectivity index (χ3n) is 4.26. The quantitative estimate of drug-likeness (QED) is 0.888. The normalized spacial score (nSPS) is 22.1. The smallest absolute Gasteiger partial charge is 0.231 e. The highest BCUT2D eigenvalue weighted by Crippen LogP contribution is 2.32. The Labute approximate surface area is 120 Å². The Morgan fingerprint density at radius 1 is 1.55 bits per heavy atom. The van der Waals surface area contributed by atoms with Crippen LogP contribution >= 0.6 is 0 Å². The Morgan fingerprint density at radius 3 is 2.95 bits per heavy atom. The van der Waals surface area contributed by atoms with Crippen molar-refractivity contribution in [1.29, 1.82) is 5.26 Å². The second-order valence-corrected chi connectivity index (χ2v) is 5.48. The first-order valence-corrected chi connectivity index (χ1v) is 7.15. The zero-order valence-electron chi connectivity index (χ0n) is 12.1. The number of carbonyl (C=O) groups is 1. The molecule has 0 aliphatic carbocycles. The zero-order valence-corrected chi connectivity index (χ0v) is 12.1. The number of piperidine rings is 1. The van der Waals surface area contributed by atoms with Gasteiger partial charge in [0.1, 0.15) is 6.07 Å². The van der Waals surface area contributed by atoms with Gasteiger partial charge in [-0.3, -0.25) is 4.79 Å². The third kappa shape index (κ3) is 2.68. The number of nitrogens with zero attached hydrogens (tertiary/aromatic N) is 1. The lowest BCUT2D eigenvalue weighted by Crippen LogP contribution is -2.47. The van der Waals surface area contributed by atoms with Crippen molar-refractivity contribution in [2.75, 3.05) is 18.4 Å². The Balaban J connectivity index is 2.23. The average molecular weight is 271 g/mol. The molecule has 1 unspecified atom stereocenters. The van der Waals surface area contributed by atoms with E-state index < -0.39 is 0 Å². The minimum absolute atomic E-state index is 0.0225. The number of rotatable bonds is 3. The highest BCUT2D eigenvalue weighted by Gasteiger charge is 2.38. The number of carbonyl (C=O) groups excluding carboxylic acids is 1. The van der Waals surface area contributed by atoms with Gasteiger partial charge in [-0.25, -0.2) is 0 Å². The molecule has 1 saturated heterocycles. The van der Waals surface area contributed by atoms with E-state index in [9.17, 15) is 10.1 Å². The number of nitriles is 1. The number of anilines is 1. The van der Waals surface area contributed by atoms with Gasteiger partial charge in [0, 0.05) is 6.54 Å². The van der Waals surface area contributed by atoms with E-state index in [1.54, 1.807) is 6.07 Å². The molecule has 2 rings (SSSR count). The van der Waals surface area contributed by atoms with Gasteiger partial charge in [-0.05, 0) is 44.4 Å². The van der Waals surface area contributed by atoms with Crippen LogP contribution in [0.2, 0.25) is 0 Å². The molecule has 1 aliphatic rings. The number of hydrogen-bond donors (Lipinski definition) is 2. The first-order valence-electron chi connectivity index (χ1n) is 7.15. The summed E-state index contributed by atoms with van der Waals surface area (Å²) in [5.74, 6) is 0.0225. The Morgan fingerprint density at radius 2 is 2.35 bits per heavy atom. The minimum Gasteiger partial charge on any atom is -0.324 e. The van der Waals surface area contributed by atoms with Crippen LogP contribution in [0.25, 0.3) is 0 Å². The van der Waals surface area contributed by atoms with Gasteiger partial charge in [0.2, 0.25) is 5.91 Å². The number of benzene rings is 1. The average Bonchev–Trinajstić information content (AvgIpc) is 2.48. The summed E-state index contributed by atoms with van der Waals surface area (Å²) in [6.45, 7) is 5.62. The van der Waals surface area contributed by atoms with Gasteiger partial charge in [-0.15, -0.1) is 0 Å². The molecule has 0 bridgehead atoms. The molecule has 1 fully saturated rings. The van der Waals surface area contributed by atoms with Gasteiger partial charge in [-0.1, -0.05) is 19.1 Å². The molecule has 2 N–H and O–H groups in total. The van der Waals surface area contributed by atoms with E-state index in [0.29, 0.717) is 17.8 Å². The molecule has 0 spiro atoms. The maximum atomic E-state index is 12.6. The van der Waals surface area contributed by atoms with Gasteiger partial charge >= 0.3 is 0 Å². The molecule has 1 heterocycles. The second-order valence-electron chi connectivity index (χ2n) is 5.48. The second kappa shape index (κ2) is 6.06.